The van der Waals surface area contributed by atoms with Crippen LogP contribution in [0.15, 0.2) is 0 Å². The van der Waals surface area contributed by atoms with Crippen LogP contribution in [0.5, 0.6) is 0 Å². The van der Waals surface area contributed by atoms with Gasteiger partial charge in [-0.05, 0) is 0 Å². The van der Waals surface area contributed by atoms with Gasteiger partial charge in [0.2, 0.25) is 0 Å². The van der Waals surface area contributed by atoms with Crippen molar-refractivity contribution < 1.29 is 0 Å². The molecule has 0 unspecified atom stereocenters. The second-order valence-corrected chi connectivity index (χ2v) is 50.8. The molecule has 0 bridgehead atoms. The van der Waals surface area contributed by atoms with Gasteiger partial charge in [-0.2, -0.15) is 0 Å². The molecule has 0 heterocycles. The maximum atomic E-state index is 2.94. The minimum absolute atomic E-state index is 1.37. The summed E-state index contributed by atoms with van der Waals surface area (Å²) >= 11 is 5.89. The van der Waals surface area contributed by atoms with Gasteiger partial charge in [-0.15, -0.1) is 0 Å². The third kappa shape index (κ3) is 30.4. The summed E-state index contributed by atoms with van der Waals surface area (Å²) < 4.78 is 3.22. The van der Waals surface area contributed by atoms with Crippen molar-refractivity contribution in [3.05, 3.63) is 0 Å². The predicted octanol–water partition coefficient (Wildman–Crippen LogP) is 13.5. The number of rotatable bonds is 28. The summed E-state index contributed by atoms with van der Waals surface area (Å²) in [6, 6.07) is 0. The molecule has 0 fully saturated rings. The number of hydrogen-bond donors (Lipinski definition) is 0. The van der Waals surface area contributed by atoms with Crippen molar-refractivity contribution in [2.45, 2.75) is 190 Å². The van der Waals surface area contributed by atoms with Crippen molar-refractivity contribution in [1.82, 2.24) is 0 Å². The topological polar surface area (TPSA) is 0 Å². The average Bonchev–Trinajstić information content (AvgIpc) is 2.80. The molecule has 0 aromatic rings. The summed E-state index contributed by atoms with van der Waals surface area (Å²) in [6.07, 6.45) is 38.5. The van der Waals surface area contributed by atoms with Crippen LogP contribution in [0.1, 0.15) is 181 Å². The summed E-state index contributed by atoms with van der Waals surface area (Å²) in [5.74, 6) is 0. The SMILES string of the molecule is CCCCCCCCCCCCCCC[Te](I)(I)CCCCCCCCCCCCCCC. The van der Waals surface area contributed by atoms with Crippen molar-refractivity contribution in [2.24, 2.45) is 0 Å². The Balaban J connectivity index is 3.28. The minimum atomic E-state index is -1.51. The number of hydrogen-bond acceptors (Lipinski definition) is 0. The van der Waals surface area contributed by atoms with Crippen LogP contribution in [0.2, 0.25) is 8.94 Å². The van der Waals surface area contributed by atoms with Gasteiger partial charge in [0.25, 0.3) is 0 Å². The monoisotopic (exact) mass is 806 g/mol. The fourth-order valence-corrected chi connectivity index (χ4v) is 17.3. The van der Waals surface area contributed by atoms with E-state index in [0.29, 0.717) is 0 Å². The van der Waals surface area contributed by atoms with Crippen LogP contribution in [-0.2, 0) is 0 Å². The molecule has 202 valence electrons. The Morgan fingerprint density at radius 3 is 0.697 bits per heavy atom. The molecular weight excluding hydrogens is 742 g/mol. The van der Waals surface area contributed by atoms with Gasteiger partial charge in [0.05, 0.1) is 0 Å². The first-order valence-electron chi connectivity index (χ1n) is 15.3. The Morgan fingerprint density at radius 1 is 0.303 bits per heavy atom. The molecule has 0 spiro atoms. The Kier molecular flexibility index (Phi) is 30.8. The first kappa shape index (κ1) is 35.2. The summed E-state index contributed by atoms with van der Waals surface area (Å²) in [4.78, 5) is 0. The number of halogens is 2. The molecule has 0 N–H and O–H groups in total. The van der Waals surface area contributed by atoms with Crippen LogP contribution in [0, 0.1) is 0 Å². The second kappa shape index (κ2) is 28.8. The Bertz CT molecular complexity index is 327. The molecule has 0 aliphatic heterocycles. The van der Waals surface area contributed by atoms with E-state index in [2.05, 4.69) is 51.2 Å². The van der Waals surface area contributed by atoms with Crippen LogP contribution in [0.25, 0.3) is 0 Å². The third-order valence-corrected chi connectivity index (χ3v) is 24.0. The van der Waals surface area contributed by atoms with Crippen molar-refractivity contribution in [2.75, 3.05) is 0 Å². The molecule has 0 aliphatic carbocycles. The average molecular weight is 804 g/mol. The van der Waals surface area contributed by atoms with Crippen molar-refractivity contribution in [3.63, 3.8) is 0 Å². The van der Waals surface area contributed by atoms with Crippen molar-refractivity contribution in [1.29, 1.82) is 0 Å². The third-order valence-electron chi connectivity index (χ3n) is 7.09. The second-order valence-electron chi connectivity index (χ2n) is 10.6. The van der Waals surface area contributed by atoms with E-state index in [1.54, 1.807) is 8.94 Å². The van der Waals surface area contributed by atoms with Gasteiger partial charge in [-0.25, -0.2) is 0 Å². The summed E-state index contributed by atoms with van der Waals surface area (Å²) in [5.41, 5.74) is 0. The van der Waals surface area contributed by atoms with Crippen LogP contribution >= 0.6 is 37.4 Å². The molecule has 0 radical (unpaired) electrons. The van der Waals surface area contributed by atoms with Gasteiger partial charge in [0.15, 0.2) is 0 Å². The van der Waals surface area contributed by atoms with E-state index in [-0.39, 0.29) is 0 Å². The molecule has 0 atom stereocenters. The van der Waals surface area contributed by atoms with E-state index in [9.17, 15) is 0 Å². The van der Waals surface area contributed by atoms with Gasteiger partial charge >= 0.3 is 198 Å². The molecule has 0 aromatic carbocycles. The molecule has 0 aromatic heterocycles. The normalized spacial score (nSPS) is 12.5. The van der Waals surface area contributed by atoms with Gasteiger partial charge in [-0.3, -0.25) is 0 Å². The molecule has 0 nitrogen and oxygen atoms in total. The minimum Gasteiger partial charge on any atom is -0.0654 e. The van der Waals surface area contributed by atoms with Crippen molar-refractivity contribution >= 4 is 47.7 Å². The first-order valence-corrected chi connectivity index (χ1v) is 32.2. The summed E-state index contributed by atoms with van der Waals surface area (Å²) in [7, 11) is -1.51. The molecule has 3 heteroatoms. The van der Waals surface area contributed by atoms with Crippen molar-refractivity contribution in [3.8, 4) is 0 Å². The molecule has 33 heavy (non-hydrogen) atoms. The van der Waals surface area contributed by atoms with Gasteiger partial charge < -0.3 is 0 Å². The smallest absolute Gasteiger partial charge is 0.0654 e. The standard InChI is InChI=1S/C30H62I2Te/c1-3-5-7-9-11-13-15-17-19-21-23-25-27-29-33(31,32)30-28-26-24-22-20-18-16-14-12-10-8-6-4-2/h3-30H2,1-2H3. The van der Waals surface area contributed by atoms with Gasteiger partial charge in [-0.1, -0.05) is 39.5 Å². The van der Waals surface area contributed by atoms with Crippen LogP contribution in [-0.4, -0.2) is 10.3 Å². The van der Waals surface area contributed by atoms with E-state index < -0.39 is 10.3 Å². The van der Waals surface area contributed by atoms with Gasteiger partial charge in [0, 0.05) is 0 Å². The van der Waals surface area contributed by atoms with Gasteiger partial charge in [0.1, 0.15) is 0 Å². The molecular formula is C30H62I2Te. The molecule has 0 saturated heterocycles. The van der Waals surface area contributed by atoms with E-state index in [1.807, 2.05) is 0 Å². The van der Waals surface area contributed by atoms with E-state index in [1.165, 1.54) is 167 Å². The zero-order valence-corrected chi connectivity index (χ0v) is 29.6. The fraction of sp³-hybridized carbons (Fsp3) is 1.00. The quantitative estimate of drug-likeness (QED) is 0.0420. The summed E-state index contributed by atoms with van der Waals surface area (Å²) in [5, 5.41) is 0. The zero-order chi connectivity index (χ0) is 24.3. The summed E-state index contributed by atoms with van der Waals surface area (Å²) in [6.45, 7) is 4.62. The van der Waals surface area contributed by atoms with E-state index in [4.69, 9.17) is 0 Å². The predicted molar refractivity (Wildman–Crippen MR) is 175 cm³/mol. The van der Waals surface area contributed by atoms with Crippen LogP contribution in [0.4, 0.5) is 0 Å². The first-order chi connectivity index (χ1) is 16.1. The van der Waals surface area contributed by atoms with E-state index in [0.717, 1.165) is 0 Å². The zero-order valence-electron chi connectivity index (χ0n) is 23.0. The Hall–Kier alpha value is 2.25. The maximum absolute atomic E-state index is 2.94. The Labute approximate surface area is 235 Å². The Morgan fingerprint density at radius 2 is 0.485 bits per heavy atom. The molecule has 0 saturated carbocycles. The molecule has 0 aliphatic rings. The molecule has 0 rings (SSSR count). The van der Waals surface area contributed by atoms with Crippen LogP contribution < -0.4 is 0 Å². The molecule has 0 amide bonds. The fourth-order valence-electron chi connectivity index (χ4n) is 4.76. The van der Waals surface area contributed by atoms with E-state index >= 15 is 0 Å². The van der Waals surface area contributed by atoms with Crippen LogP contribution in [0.3, 0.4) is 0 Å². The number of unbranched alkanes of at least 4 members (excludes halogenated alkanes) is 24.